The van der Waals surface area contributed by atoms with Crippen molar-refractivity contribution >= 4 is 5.97 Å². The average Bonchev–Trinajstić information content (AvgIpc) is 2.17. The lowest BCUT2D eigenvalue weighted by molar-refractivity contribution is -0.308. The van der Waals surface area contributed by atoms with E-state index in [1.807, 2.05) is 6.08 Å². The molecule has 0 aromatic rings. The van der Waals surface area contributed by atoms with Gasteiger partial charge in [-0.05, 0) is 25.2 Å². The quantitative estimate of drug-likeness (QED) is 0.395. The zero-order chi connectivity index (χ0) is 10.4. The highest BCUT2D eigenvalue weighted by Gasteiger charge is 2.26. The number of carbonyl (C=O) groups is 1. The minimum absolute atomic E-state index is 0.0608. The number of carbonyl (C=O) groups excluding carboxylic acids is 1. The third-order valence-corrected chi connectivity index (χ3v) is 2.60. The van der Waals surface area contributed by atoms with Gasteiger partial charge in [-0.1, -0.05) is 18.9 Å². The van der Waals surface area contributed by atoms with E-state index in [0.717, 1.165) is 25.7 Å². The molecule has 1 rings (SSSR count). The van der Waals surface area contributed by atoms with Gasteiger partial charge in [0.05, 0.1) is 0 Å². The van der Waals surface area contributed by atoms with Gasteiger partial charge in [0.1, 0.15) is 6.10 Å². The van der Waals surface area contributed by atoms with Crippen molar-refractivity contribution in [2.45, 2.75) is 45.1 Å². The maximum Gasteiger partial charge on any atom is 0.339 e. The SMILES string of the molecule is C=CCC1CCCCC1OOC(C)=O. The van der Waals surface area contributed by atoms with Gasteiger partial charge in [0.15, 0.2) is 0 Å². The molecule has 80 valence electrons. The average molecular weight is 198 g/mol. The molecule has 1 fully saturated rings. The molecular formula is C11H18O3. The molecule has 3 heteroatoms. The predicted molar refractivity (Wildman–Crippen MR) is 53.4 cm³/mol. The first-order valence-corrected chi connectivity index (χ1v) is 5.19. The Kier molecular flexibility index (Phi) is 4.66. The molecule has 1 aliphatic rings. The van der Waals surface area contributed by atoms with Crippen molar-refractivity contribution in [3.63, 3.8) is 0 Å². The van der Waals surface area contributed by atoms with Gasteiger partial charge in [0.2, 0.25) is 0 Å². The Labute approximate surface area is 85.0 Å². The Bertz CT molecular complexity index is 201. The Balaban J connectivity index is 2.37. The van der Waals surface area contributed by atoms with Gasteiger partial charge in [-0.15, -0.1) is 6.58 Å². The summed E-state index contributed by atoms with van der Waals surface area (Å²) in [5, 5.41) is 0. The third kappa shape index (κ3) is 3.50. The van der Waals surface area contributed by atoms with Crippen LogP contribution in [0.3, 0.4) is 0 Å². The van der Waals surface area contributed by atoms with Crippen LogP contribution < -0.4 is 0 Å². The van der Waals surface area contributed by atoms with E-state index in [0.29, 0.717) is 5.92 Å². The second-order valence-electron chi connectivity index (χ2n) is 3.78. The van der Waals surface area contributed by atoms with Crippen LogP contribution in [0.25, 0.3) is 0 Å². The number of allylic oxidation sites excluding steroid dienone is 1. The van der Waals surface area contributed by atoms with E-state index >= 15 is 0 Å². The summed E-state index contributed by atoms with van der Waals surface area (Å²) in [6.07, 6.45) is 7.40. The topological polar surface area (TPSA) is 35.5 Å². The van der Waals surface area contributed by atoms with Crippen molar-refractivity contribution < 1.29 is 14.6 Å². The van der Waals surface area contributed by atoms with Crippen molar-refractivity contribution in [3.8, 4) is 0 Å². The molecule has 2 unspecified atom stereocenters. The normalized spacial score (nSPS) is 26.9. The van der Waals surface area contributed by atoms with Crippen LogP contribution in [-0.2, 0) is 14.6 Å². The highest BCUT2D eigenvalue weighted by molar-refractivity contribution is 5.65. The van der Waals surface area contributed by atoms with Crippen molar-refractivity contribution in [1.82, 2.24) is 0 Å². The Hall–Kier alpha value is -0.830. The highest BCUT2D eigenvalue weighted by atomic mass is 17.2. The first-order valence-electron chi connectivity index (χ1n) is 5.19. The summed E-state index contributed by atoms with van der Waals surface area (Å²) in [5.74, 6) is 0.0773. The molecule has 1 aliphatic carbocycles. The summed E-state index contributed by atoms with van der Waals surface area (Å²) < 4.78 is 0. The largest absolute Gasteiger partial charge is 0.339 e. The molecule has 0 saturated heterocycles. The molecule has 0 N–H and O–H groups in total. The molecule has 2 atom stereocenters. The lowest BCUT2D eigenvalue weighted by Gasteiger charge is -2.28. The second kappa shape index (κ2) is 5.81. The molecule has 0 heterocycles. The first-order chi connectivity index (χ1) is 6.74. The van der Waals surface area contributed by atoms with Gasteiger partial charge in [-0.3, -0.25) is 4.89 Å². The van der Waals surface area contributed by atoms with Gasteiger partial charge in [0, 0.05) is 6.92 Å². The lowest BCUT2D eigenvalue weighted by Crippen LogP contribution is -2.28. The van der Waals surface area contributed by atoms with Crippen LogP contribution in [0, 0.1) is 5.92 Å². The maximum absolute atomic E-state index is 10.6. The van der Waals surface area contributed by atoms with E-state index < -0.39 is 0 Å². The first kappa shape index (κ1) is 11.2. The Morgan fingerprint density at radius 2 is 2.21 bits per heavy atom. The van der Waals surface area contributed by atoms with E-state index in [-0.39, 0.29) is 12.1 Å². The van der Waals surface area contributed by atoms with Crippen LogP contribution in [0.4, 0.5) is 0 Å². The smallest absolute Gasteiger partial charge is 0.298 e. The van der Waals surface area contributed by atoms with E-state index in [2.05, 4.69) is 11.5 Å². The van der Waals surface area contributed by atoms with Crippen LogP contribution in [0.15, 0.2) is 12.7 Å². The van der Waals surface area contributed by atoms with Gasteiger partial charge in [0.25, 0.3) is 0 Å². The van der Waals surface area contributed by atoms with Crippen molar-refractivity contribution in [2.24, 2.45) is 5.92 Å². The monoisotopic (exact) mass is 198 g/mol. The molecular weight excluding hydrogens is 180 g/mol. The standard InChI is InChI=1S/C11H18O3/c1-3-6-10-7-4-5-8-11(10)14-13-9(2)12/h3,10-11H,1,4-8H2,2H3. The minimum atomic E-state index is -0.382. The van der Waals surface area contributed by atoms with Gasteiger partial charge >= 0.3 is 5.97 Å². The summed E-state index contributed by atoms with van der Waals surface area (Å²) in [6, 6.07) is 0. The van der Waals surface area contributed by atoms with Crippen molar-refractivity contribution in [3.05, 3.63) is 12.7 Å². The molecule has 0 bridgehead atoms. The summed E-state index contributed by atoms with van der Waals surface area (Å²) in [4.78, 5) is 20.3. The zero-order valence-corrected chi connectivity index (χ0v) is 8.70. The van der Waals surface area contributed by atoms with Crippen molar-refractivity contribution in [1.29, 1.82) is 0 Å². The molecule has 0 radical (unpaired) electrons. The Morgan fingerprint density at radius 3 is 2.86 bits per heavy atom. The summed E-state index contributed by atoms with van der Waals surface area (Å²) in [6.45, 7) is 5.07. The molecule has 14 heavy (non-hydrogen) atoms. The molecule has 3 nitrogen and oxygen atoms in total. The van der Waals surface area contributed by atoms with Gasteiger partial charge in [-0.2, -0.15) is 4.89 Å². The highest BCUT2D eigenvalue weighted by Crippen LogP contribution is 2.29. The molecule has 0 spiro atoms. The van der Waals surface area contributed by atoms with E-state index in [1.54, 1.807) is 0 Å². The fourth-order valence-corrected chi connectivity index (χ4v) is 1.91. The molecule has 0 amide bonds. The van der Waals surface area contributed by atoms with Gasteiger partial charge in [-0.25, -0.2) is 4.79 Å². The lowest BCUT2D eigenvalue weighted by atomic mass is 9.84. The maximum atomic E-state index is 10.6. The number of rotatable bonds is 4. The van der Waals surface area contributed by atoms with Gasteiger partial charge < -0.3 is 0 Å². The minimum Gasteiger partial charge on any atom is -0.298 e. The molecule has 1 saturated carbocycles. The number of hydrogen-bond donors (Lipinski definition) is 0. The van der Waals surface area contributed by atoms with E-state index in [9.17, 15) is 4.79 Å². The predicted octanol–water partition coefficient (Wildman–Crippen LogP) is 2.62. The Morgan fingerprint density at radius 1 is 1.50 bits per heavy atom. The number of hydrogen-bond acceptors (Lipinski definition) is 3. The summed E-state index contributed by atoms with van der Waals surface area (Å²) >= 11 is 0. The molecule has 0 aromatic carbocycles. The fourth-order valence-electron chi connectivity index (χ4n) is 1.91. The second-order valence-corrected chi connectivity index (χ2v) is 3.78. The van der Waals surface area contributed by atoms with Crippen LogP contribution >= 0.6 is 0 Å². The van der Waals surface area contributed by atoms with Crippen molar-refractivity contribution in [2.75, 3.05) is 0 Å². The summed E-state index contributed by atoms with van der Waals surface area (Å²) in [5.41, 5.74) is 0. The van der Waals surface area contributed by atoms with E-state index in [1.165, 1.54) is 13.3 Å². The van der Waals surface area contributed by atoms with Crippen LogP contribution in [-0.4, -0.2) is 12.1 Å². The van der Waals surface area contributed by atoms with E-state index in [4.69, 9.17) is 4.89 Å². The van der Waals surface area contributed by atoms with Crippen LogP contribution in [0.5, 0.6) is 0 Å². The zero-order valence-electron chi connectivity index (χ0n) is 8.70. The molecule has 0 aliphatic heterocycles. The van der Waals surface area contributed by atoms with Crippen LogP contribution in [0.1, 0.15) is 39.0 Å². The van der Waals surface area contributed by atoms with Crippen LogP contribution in [0.2, 0.25) is 0 Å². The summed E-state index contributed by atoms with van der Waals surface area (Å²) in [7, 11) is 0. The molecule has 0 aromatic heterocycles. The fraction of sp³-hybridized carbons (Fsp3) is 0.727. The third-order valence-electron chi connectivity index (χ3n) is 2.60.